The van der Waals surface area contributed by atoms with Crippen LogP contribution in [0.5, 0.6) is 0 Å². The largest absolute Gasteiger partial charge is 0.464 e. The molecule has 0 aromatic heterocycles. The van der Waals surface area contributed by atoms with E-state index in [-0.39, 0.29) is 17.3 Å². The van der Waals surface area contributed by atoms with Crippen molar-refractivity contribution in [3.63, 3.8) is 0 Å². The first-order valence-corrected chi connectivity index (χ1v) is 7.62. The van der Waals surface area contributed by atoms with Crippen molar-refractivity contribution in [3.05, 3.63) is 0 Å². The van der Waals surface area contributed by atoms with Crippen LogP contribution in [-0.4, -0.2) is 44.3 Å². The van der Waals surface area contributed by atoms with Crippen LogP contribution in [0, 0.1) is 17.3 Å². The van der Waals surface area contributed by atoms with Gasteiger partial charge in [0, 0.05) is 6.54 Å². The maximum atomic E-state index is 12.1. The average molecular weight is 275 g/mol. The summed E-state index contributed by atoms with van der Waals surface area (Å²) < 4.78 is 5.37. The second kappa shape index (κ2) is 8.12. The van der Waals surface area contributed by atoms with Gasteiger partial charge in [0.05, 0.1) is 5.92 Å². The Bertz CT molecular complexity index is 258. The van der Waals surface area contributed by atoms with Crippen LogP contribution in [0.2, 0.25) is 0 Å². The molecule has 3 nitrogen and oxygen atoms in total. The zero-order valence-corrected chi connectivity index (χ0v) is 14.0. The normalized spacial score (nSPS) is 18.2. The molecule has 0 spiro atoms. The standard InChI is InChI=1S/C14H30NO2P/c1-7-11(2)14(4,10-18)12(3)13(16)17-9-8-15(5)6/h11-12H,7-10,18H2,1-6H3. The fourth-order valence-electron chi connectivity index (χ4n) is 1.99. The van der Waals surface area contributed by atoms with Gasteiger partial charge >= 0.3 is 5.97 Å². The van der Waals surface area contributed by atoms with Gasteiger partial charge in [-0.3, -0.25) is 4.79 Å². The van der Waals surface area contributed by atoms with Gasteiger partial charge in [0.1, 0.15) is 6.61 Å². The molecule has 4 atom stereocenters. The molecule has 0 heterocycles. The highest BCUT2D eigenvalue weighted by atomic mass is 31.0. The van der Waals surface area contributed by atoms with Gasteiger partial charge in [-0.1, -0.05) is 34.1 Å². The number of carbonyl (C=O) groups is 1. The lowest BCUT2D eigenvalue weighted by Gasteiger charge is -2.38. The van der Waals surface area contributed by atoms with E-state index in [9.17, 15) is 4.79 Å². The molecule has 0 bridgehead atoms. The lowest BCUT2D eigenvalue weighted by Crippen LogP contribution is -2.39. The predicted molar refractivity (Wildman–Crippen MR) is 80.8 cm³/mol. The van der Waals surface area contributed by atoms with Gasteiger partial charge in [0.2, 0.25) is 0 Å². The van der Waals surface area contributed by atoms with Crippen LogP contribution < -0.4 is 0 Å². The molecule has 4 heteroatoms. The number of ether oxygens (including phenoxy) is 1. The minimum absolute atomic E-state index is 0.00534. The molecule has 0 aliphatic carbocycles. The van der Waals surface area contributed by atoms with E-state index in [1.165, 1.54) is 0 Å². The fourth-order valence-corrected chi connectivity index (χ4v) is 2.75. The minimum Gasteiger partial charge on any atom is -0.464 e. The maximum absolute atomic E-state index is 12.1. The zero-order chi connectivity index (χ0) is 14.3. The average Bonchev–Trinajstić information content (AvgIpc) is 2.35. The van der Waals surface area contributed by atoms with Crippen molar-refractivity contribution in [2.45, 2.75) is 34.1 Å². The summed E-state index contributed by atoms with van der Waals surface area (Å²) >= 11 is 0. The quantitative estimate of drug-likeness (QED) is 0.504. The first-order chi connectivity index (χ1) is 8.29. The Morgan fingerprint density at radius 2 is 1.94 bits per heavy atom. The van der Waals surface area contributed by atoms with E-state index in [1.54, 1.807) is 0 Å². The van der Waals surface area contributed by atoms with Gasteiger partial charge in [-0.05, 0) is 31.6 Å². The summed E-state index contributed by atoms with van der Waals surface area (Å²) in [6.07, 6.45) is 2.01. The van der Waals surface area contributed by atoms with E-state index in [2.05, 4.69) is 30.0 Å². The lowest BCUT2D eigenvalue weighted by atomic mass is 9.69. The third kappa shape index (κ3) is 4.85. The highest BCUT2D eigenvalue weighted by Gasteiger charge is 2.39. The van der Waals surface area contributed by atoms with E-state index in [0.717, 1.165) is 19.1 Å². The molecule has 0 radical (unpaired) electrons. The molecule has 108 valence electrons. The highest BCUT2D eigenvalue weighted by Crippen LogP contribution is 2.39. The van der Waals surface area contributed by atoms with E-state index >= 15 is 0 Å². The summed E-state index contributed by atoms with van der Waals surface area (Å²) in [6, 6.07) is 0. The van der Waals surface area contributed by atoms with E-state index in [1.807, 2.05) is 25.9 Å². The van der Waals surface area contributed by atoms with Crippen molar-refractivity contribution in [1.82, 2.24) is 4.90 Å². The van der Waals surface area contributed by atoms with Gasteiger partial charge in [-0.25, -0.2) is 0 Å². The number of carbonyl (C=O) groups excluding carboxylic acids is 1. The van der Waals surface area contributed by atoms with Crippen LogP contribution in [0.15, 0.2) is 0 Å². The first-order valence-electron chi connectivity index (χ1n) is 6.81. The number of rotatable bonds is 8. The number of hydrogen-bond acceptors (Lipinski definition) is 3. The topological polar surface area (TPSA) is 29.5 Å². The van der Waals surface area contributed by atoms with Crippen molar-refractivity contribution < 1.29 is 9.53 Å². The van der Waals surface area contributed by atoms with E-state index < -0.39 is 0 Å². The SMILES string of the molecule is CCC(C)C(C)(CP)C(C)C(=O)OCCN(C)C. The molecule has 0 aliphatic rings. The Morgan fingerprint density at radius 1 is 1.39 bits per heavy atom. The van der Waals surface area contributed by atoms with Gasteiger partial charge in [-0.2, -0.15) is 0 Å². The molecule has 0 aromatic carbocycles. The predicted octanol–water partition coefficient (Wildman–Crippen LogP) is 2.65. The Hall–Kier alpha value is -0.140. The Morgan fingerprint density at radius 3 is 2.33 bits per heavy atom. The molecule has 0 aromatic rings. The second-order valence-electron chi connectivity index (χ2n) is 5.71. The van der Waals surface area contributed by atoms with Crippen molar-refractivity contribution in [3.8, 4) is 0 Å². The van der Waals surface area contributed by atoms with Crippen molar-refractivity contribution >= 4 is 15.2 Å². The third-order valence-corrected chi connectivity index (χ3v) is 5.18. The molecular formula is C14H30NO2P. The molecule has 0 saturated heterocycles. The summed E-state index contributed by atoms with van der Waals surface area (Å²) in [6.45, 7) is 9.82. The van der Waals surface area contributed by atoms with Crippen LogP contribution >= 0.6 is 9.24 Å². The number of likely N-dealkylation sites (N-methyl/N-ethyl adjacent to an activating group) is 1. The number of hydrogen-bond donors (Lipinski definition) is 0. The lowest BCUT2D eigenvalue weighted by molar-refractivity contribution is -0.153. The smallest absolute Gasteiger partial charge is 0.309 e. The summed E-state index contributed by atoms with van der Waals surface area (Å²) in [4.78, 5) is 14.1. The summed E-state index contributed by atoms with van der Waals surface area (Å²) in [5.74, 6) is 0.376. The van der Waals surface area contributed by atoms with Gasteiger partial charge in [0.25, 0.3) is 0 Å². The minimum atomic E-state index is -0.0675. The number of esters is 1. The van der Waals surface area contributed by atoms with E-state index in [0.29, 0.717) is 12.5 Å². The first kappa shape index (κ1) is 17.9. The Balaban J connectivity index is 4.49. The van der Waals surface area contributed by atoms with E-state index in [4.69, 9.17) is 4.74 Å². The monoisotopic (exact) mass is 275 g/mol. The van der Waals surface area contributed by atoms with Crippen LogP contribution in [-0.2, 0) is 9.53 Å². The summed E-state index contributed by atoms with van der Waals surface area (Å²) in [5.41, 5.74) is -0.00534. The summed E-state index contributed by atoms with van der Waals surface area (Å²) in [7, 11) is 6.73. The molecular weight excluding hydrogens is 245 g/mol. The fraction of sp³-hybridized carbons (Fsp3) is 0.929. The Kier molecular flexibility index (Phi) is 8.05. The van der Waals surface area contributed by atoms with Crippen molar-refractivity contribution in [1.29, 1.82) is 0 Å². The van der Waals surface area contributed by atoms with Crippen LogP contribution in [0.4, 0.5) is 0 Å². The highest BCUT2D eigenvalue weighted by molar-refractivity contribution is 7.16. The zero-order valence-electron chi connectivity index (χ0n) is 12.8. The van der Waals surface area contributed by atoms with Crippen LogP contribution in [0.1, 0.15) is 34.1 Å². The third-order valence-electron chi connectivity index (χ3n) is 4.30. The molecule has 4 unspecified atom stereocenters. The molecule has 0 saturated carbocycles. The Labute approximate surface area is 115 Å². The van der Waals surface area contributed by atoms with Gasteiger partial charge in [0.15, 0.2) is 0 Å². The van der Waals surface area contributed by atoms with Crippen LogP contribution in [0.25, 0.3) is 0 Å². The maximum Gasteiger partial charge on any atom is 0.309 e. The molecule has 0 amide bonds. The molecule has 0 rings (SSSR count). The molecule has 0 fully saturated rings. The molecule has 18 heavy (non-hydrogen) atoms. The molecule has 0 N–H and O–H groups in total. The van der Waals surface area contributed by atoms with Crippen molar-refractivity contribution in [2.75, 3.05) is 33.4 Å². The van der Waals surface area contributed by atoms with Gasteiger partial charge in [-0.15, -0.1) is 9.24 Å². The van der Waals surface area contributed by atoms with Crippen molar-refractivity contribution in [2.24, 2.45) is 17.3 Å². The summed E-state index contributed by atoms with van der Waals surface area (Å²) in [5, 5.41) is 0. The number of nitrogens with zero attached hydrogens (tertiary/aromatic N) is 1. The van der Waals surface area contributed by atoms with Gasteiger partial charge < -0.3 is 9.64 Å². The van der Waals surface area contributed by atoms with Crippen LogP contribution in [0.3, 0.4) is 0 Å². The molecule has 0 aliphatic heterocycles. The second-order valence-corrected chi connectivity index (χ2v) is 6.12.